The van der Waals surface area contributed by atoms with Gasteiger partial charge in [-0.1, -0.05) is 0 Å². The monoisotopic (exact) mass is 416 g/mol. The van der Waals surface area contributed by atoms with Crippen molar-refractivity contribution < 1.29 is 18.0 Å². The average Bonchev–Trinajstić information content (AvgIpc) is 3.37. The SMILES string of the molecule is CN(C)Cc1nnc(C2CCCCN2C(=O)c2ccn(-c3ccc(F)cc3F)n2)o1. The third kappa shape index (κ3) is 4.09. The van der Waals surface area contributed by atoms with Crippen molar-refractivity contribution in [2.75, 3.05) is 20.6 Å². The molecule has 158 valence electrons. The van der Waals surface area contributed by atoms with Gasteiger partial charge in [-0.05, 0) is 51.6 Å². The first-order valence-corrected chi connectivity index (χ1v) is 9.71. The average molecular weight is 416 g/mol. The number of amides is 1. The van der Waals surface area contributed by atoms with Crippen molar-refractivity contribution in [3.8, 4) is 5.69 Å². The summed E-state index contributed by atoms with van der Waals surface area (Å²) < 4.78 is 34.2. The molecule has 1 aliphatic rings. The summed E-state index contributed by atoms with van der Waals surface area (Å²) in [6, 6.07) is 4.38. The molecule has 0 aliphatic carbocycles. The zero-order chi connectivity index (χ0) is 21.3. The summed E-state index contributed by atoms with van der Waals surface area (Å²) >= 11 is 0. The fourth-order valence-electron chi connectivity index (χ4n) is 3.55. The van der Waals surface area contributed by atoms with Crippen molar-refractivity contribution in [1.82, 2.24) is 29.8 Å². The van der Waals surface area contributed by atoms with Gasteiger partial charge in [0, 0.05) is 18.8 Å². The van der Waals surface area contributed by atoms with Gasteiger partial charge in [0.15, 0.2) is 11.5 Å². The number of likely N-dealkylation sites (tertiary alicyclic amines) is 1. The summed E-state index contributed by atoms with van der Waals surface area (Å²) in [5, 5.41) is 12.4. The van der Waals surface area contributed by atoms with Gasteiger partial charge in [-0.15, -0.1) is 10.2 Å². The lowest BCUT2D eigenvalue weighted by Crippen LogP contribution is -2.39. The van der Waals surface area contributed by atoms with Crippen molar-refractivity contribution in [3.63, 3.8) is 0 Å². The molecule has 0 bridgehead atoms. The Hall–Kier alpha value is -3.14. The minimum Gasteiger partial charge on any atom is -0.422 e. The molecule has 0 N–H and O–H groups in total. The Labute approximate surface area is 172 Å². The van der Waals surface area contributed by atoms with Crippen LogP contribution < -0.4 is 0 Å². The first-order valence-electron chi connectivity index (χ1n) is 9.71. The maximum absolute atomic E-state index is 14.0. The minimum absolute atomic E-state index is 0.0656. The smallest absolute Gasteiger partial charge is 0.275 e. The number of aromatic nitrogens is 4. The van der Waals surface area contributed by atoms with E-state index in [1.54, 1.807) is 4.90 Å². The molecule has 1 aliphatic heterocycles. The number of carbonyl (C=O) groups is 1. The highest BCUT2D eigenvalue weighted by atomic mass is 19.1. The molecule has 1 saturated heterocycles. The van der Waals surface area contributed by atoms with E-state index in [2.05, 4.69) is 15.3 Å². The second kappa shape index (κ2) is 8.31. The second-order valence-corrected chi connectivity index (χ2v) is 7.52. The van der Waals surface area contributed by atoms with Gasteiger partial charge in [-0.2, -0.15) is 5.10 Å². The Morgan fingerprint density at radius 1 is 1.23 bits per heavy atom. The molecule has 1 aromatic carbocycles. The van der Waals surface area contributed by atoms with Crippen LogP contribution in [0.2, 0.25) is 0 Å². The molecule has 1 amide bonds. The number of carbonyl (C=O) groups excluding carboxylic acids is 1. The number of hydrogen-bond acceptors (Lipinski definition) is 6. The van der Waals surface area contributed by atoms with E-state index < -0.39 is 11.6 Å². The molecule has 0 radical (unpaired) electrons. The normalized spacial score (nSPS) is 17.0. The highest BCUT2D eigenvalue weighted by molar-refractivity contribution is 5.92. The highest BCUT2D eigenvalue weighted by Crippen LogP contribution is 2.31. The van der Waals surface area contributed by atoms with Crippen molar-refractivity contribution in [2.24, 2.45) is 0 Å². The van der Waals surface area contributed by atoms with Crippen LogP contribution in [0.5, 0.6) is 0 Å². The summed E-state index contributed by atoms with van der Waals surface area (Å²) in [6.45, 7) is 1.05. The van der Waals surface area contributed by atoms with Gasteiger partial charge in [0.05, 0.1) is 6.54 Å². The van der Waals surface area contributed by atoms with E-state index in [9.17, 15) is 13.6 Å². The van der Waals surface area contributed by atoms with Crippen molar-refractivity contribution in [2.45, 2.75) is 31.8 Å². The van der Waals surface area contributed by atoms with E-state index in [0.29, 0.717) is 31.3 Å². The van der Waals surface area contributed by atoms with Gasteiger partial charge in [-0.25, -0.2) is 13.5 Å². The first-order chi connectivity index (χ1) is 14.4. The zero-order valence-corrected chi connectivity index (χ0v) is 16.8. The largest absolute Gasteiger partial charge is 0.422 e. The lowest BCUT2D eigenvalue weighted by atomic mass is 10.0. The number of piperidine rings is 1. The van der Waals surface area contributed by atoms with Crippen molar-refractivity contribution in [3.05, 3.63) is 59.6 Å². The van der Waals surface area contributed by atoms with Crippen LogP contribution in [0, 0.1) is 11.6 Å². The minimum atomic E-state index is -0.757. The van der Waals surface area contributed by atoms with E-state index in [-0.39, 0.29) is 23.3 Å². The highest BCUT2D eigenvalue weighted by Gasteiger charge is 2.33. The quantitative estimate of drug-likeness (QED) is 0.636. The maximum atomic E-state index is 14.0. The van der Waals surface area contributed by atoms with Crippen LogP contribution in [-0.4, -0.2) is 56.3 Å². The van der Waals surface area contributed by atoms with E-state index in [1.165, 1.54) is 23.0 Å². The predicted octanol–water partition coefficient (Wildman–Crippen LogP) is 2.96. The Bertz CT molecular complexity index is 1050. The van der Waals surface area contributed by atoms with E-state index in [0.717, 1.165) is 25.0 Å². The van der Waals surface area contributed by atoms with Crippen LogP contribution >= 0.6 is 0 Å². The van der Waals surface area contributed by atoms with Crippen LogP contribution in [0.1, 0.15) is 47.6 Å². The van der Waals surface area contributed by atoms with E-state index >= 15 is 0 Å². The maximum Gasteiger partial charge on any atom is 0.275 e. The number of rotatable bonds is 5. The molecule has 1 unspecified atom stereocenters. The lowest BCUT2D eigenvalue weighted by Gasteiger charge is -2.33. The summed E-state index contributed by atoms with van der Waals surface area (Å²) in [5.41, 5.74) is 0.231. The molecule has 30 heavy (non-hydrogen) atoms. The van der Waals surface area contributed by atoms with Gasteiger partial charge in [-0.3, -0.25) is 4.79 Å². The van der Waals surface area contributed by atoms with Crippen LogP contribution in [0.4, 0.5) is 8.78 Å². The van der Waals surface area contributed by atoms with Gasteiger partial charge >= 0.3 is 0 Å². The topological polar surface area (TPSA) is 80.3 Å². The van der Waals surface area contributed by atoms with Gasteiger partial charge < -0.3 is 14.2 Å². The standard InChI is InChI=1S/C20H22F2N6O2/c1-26(2)12-18-23-24-19(30-18)17-5-3-4-9-27(17)20(29)15-8-10-28(25-15)16-7-6-13(21)11-14(16)22/h6-8,10-11,17H,3-5,9,12H2,1-2H3. The molecule has 8 nitrogen and oxygen atoms in total. The fraction of sp³-hybridized carbons (Fsp3) is 0.400. The number of benzene rings is 1. The molecular weight excluding hydrogens is 394 g/mol. The van der Waals surface area contributed by atoms with E-state index in [1.807, 2.05) is 19.0 Å². The Morgan fingerprint density at radius 2 is 2.07 bits per heavy atom. The first kappa shape index (κ1) is 20.1. The Balaban J connectivity index is 1.57. The van der Waals surface area contributed by atoms with Crippen molar-refractivity contribution in [1.29, 1.82) is 0 Å². The number of hydrogen-bond donors (Lipinski definition) is 0. The molecule has 0 saturated carbocycles. The van der Waals surface area contributed by atoms with Gasteiger partial charge in [0.2, 0.25) is 11.8 Å². The third-order valence-corrected chi connectivity index (χ3v) is 4.95. The molecule has 3 heterocycles. The van der Waals surface area contributed by atoms with Crippen LogP contribution in [-0.2, 0) is 6.54 Å². The number of nitrogens with zero attached hydrogens (tertiary/aromatic N) is 6. The summed E-state index contributed by atoms with van der Waals surface area (Å²) in [7, 11) is 3.81. The van der Waals surface area contributed by atoms with Gasteiger partial charge in [0.25, 0.3) is 5.91 Å². The molecule has 10 heteroatoms. The molecule has 1 fully saturated rings. The van der Waals surface area contributed by atoms with Crippen molar-refractivity contribution >= 4 is 5.91 Å². The van der Waals surface area contributed by atoms with Crippen LogP contribution in [0.3, 0.4) is 0 Å². The lowest BCUT2D eigenvalue weighted by molar-refractivity contribution is 0.0562. The molecule has 3 aromatic rings. The number of halogens is 2. The molecule has 1 atom stereocenters. The summed E-state index contributed by atoms with van der Waals surface area (Å²) in [4.78, 5) is 16.7. The third-order valence-electron chi connectivity index (χ3n) is 4.95. The molecule has 0 spiro atoms. The molecular formula is C20H22F2N6O2. The predicted molar refractivity (Wildman–Crippen MR) is 103 cm³/mol. The molecule has 2 aromatic heterocycles. The summed E-state index contributed by atoms with van der Waals surface area (Å²) in [5.74, 6) is -0.836. The van der Waals surface area contributed by atoms with Crippen LogP contribution in [0.25, 0.3) is 5.69 Å². The van der Waals surface area contributed by atoms with Crippen LogP contribution in [0.15, 0.2) is 34.9 Å². The zero-order valence-electron chi connectivity index (χ0n) is 16.8. The second-order valence-electron chi connectivity index (χ2n) is 7.52. The summed E-state index contributed by atoms with van der Waals surface area (Å²) in [6.07, 6.45) is 3.98. The Morgan fingerprint density at radius 3 is 2.83 bits per heavy atom. The fourth-order valence-corrected chi connectivity index (χ4v) is 3.55. The Kier molecular flexibility index (Phi) is 5.58. The molecule has 4 rings (SSSR count). The van der Waals surface area contributed by atoms with E-state index in [4.69, 9.17) is 4.42 Å². The van der Waals surface area contributed by atoms with Gasteiger partial charge in [0.1, 0.15) is 17.5 Å².